The second-order valence-corrected chi connectivity index (χ2v) is 5.25. The predicted molar refractivity (Wildman–Crippen MR) is 89.3 cm³/mol. The van der Waals surface area contributed by atoms with E-state index in [1.54, 1.807) is 24.5 Å². The Kier molecular flexibility index (Phi) is 4.15. The van der Waals surface area contributed by atoms with Crippen LogP contribution in [0, 0.1) is 0 Å². The summed E-state index contributed by atoms with van der Waals surface area (Å²) in [6, 6.07) is 16.8. The van der Waals surface area contributed by atoms with Gasteiger partial charge < -0.3 is 5.32 Å². The Labute approximate surface area is 134 Å². The minimum absolute atomic E-state index is 0.234. The van der Waals surface area contributed by atoms with E-state index in [0.29, 0.717) is 11.1 Å². The number of likely N-dealkylation sites (N-methyl/N-ethyl adjacent to an activating group) is 1. The summed E-state index contributed by atoms with van der Waals surface area (Å²) in [5.41, 5.74) is 1.16. The molecule has 0 spiro atoms. The molecule has 0 aliphatic carbocycles. The Balaban J connectivity index is 2.07. The fraction of sp³-hybridized carbons (Fsp3) is 0.105. The van der Waals surface area contributed by atoms with Gasteiger partial charge in [0.2, 0.25) is 5.91 Å². The maximum absolute atomic E-state index is 12.8. The van der Waals surface area contributed by atoms with Crippen molar-refractivity contribution in [3.8, 4) is 0 Å². The van der Waals surface area contributed by atoms with Gasteiger partial charge in [0.1, 0.15) is 5.92 Å². The largest absolute Gasteiger partial charge is 0.358 e. The second-order valence-electron chi connectivity index (χ2n) is 5.25. The van der Waals surface area contributed by atoms with Crippen LogP contribution in [0.15, 0.2) is 67.0 Å². The molecule has 114 valence electrons. The highest BCUT2D eigenvalue weighted by atomic mass is 16.2. The molecule has 0 fully saturated rings. The van der Waals surface area contributed by atoms with E-state index in [-0.39, 0.29) is 11.7 Å². The first-order valence-corrected chi connectivity index (χ1v) is 7.35. The number of ketones is 1. The van der Waals surface area contributed by atoms with Gasteiger partial charge in [0.05, 0.1) is 0 Å². The Morgan fingerprint density at radius 3 is 2.35 bits per heavy atom. The topological polar surface area (TPSA) is 59.1 Å². The van der Waals surface area contributed by atoms with E-state index in [1.165, 1.54) is 7.05 Å². The SMILES string of the molecule is CNC(=O)C(C(=O)c1ccncc1)c1ccc2ccccc2c1. The summed E-state index contributed by atoms with van der Waals surface area (Å²) < 4.78 is 0. The van der Waals surface area contributed by atoms with Crippen LogP contribution in [0.3, 0.4) is 0 Å². The highest BCUT2D eigenvalue weighted by molar-refractivity contribution is 6.14. The molecule has 0 bridgehead atoms. The van der Waals surface area contributed by atoms with Crippen molar-refractivity contribution in [2.45, 2.75) is 5.92 Å². The van der Waals surface area contributed by atoms with Crippen molar-refractivity contribution in [2.24, 2.45) is 0 Å². The lowest BCUT2D eigenvalue weighted by Gasteiger charge is -2.15. The molecule has 3 rings (SSSR count). The van der Waals surface area contributed by atoms with Crippen LogP contribution in [0.25, 0.3) is 10.8 Å². The van der Waals surface area contributed by atoms with Crippen LogP contribution in [0.4, 0.5) is 0 Å². The van der Waals surface area contributed by atoms with Crippen LogP contribution in [0.1, 0.15) is 21.8 Å². The molecule has 23 heavy (non-hydrogen) atoms. The molecule has 1 heterocycles. The van der Waals surface area contributed by atoms with Gasteiger partial charge in [0.25, 0.3) is 0 Å². The van der Waals surface area contributed by atoms with E-state index < -0.39 is 5.92 Å². The average Bonchev–Trinajstić information content (AvgIpc) is 2.62. The van der Waals surface area contributed by atoms with Crippen LogP contribution in [-0.4, -0.2) is 23.7 Å². The zero-order valence-electron chi connectivity index (χ0n) is 12.7. The Morgan fingerprint density at radius 2 is 1.65 bits per heavy atom. The highest BCUT2D eigenvalue weighted by Crippen LogP contribution is 2.25. The lowest BCUT2D eigenvalue weighted by atomic mass is 9.89. The Bertz CT molecular complexity index is 859. The van der Waals surface area contributed by atoms with Gasteiger partial charge in [-0.25, -0.2) is 0 Å². The molecule has 1 atom stereocenters. The molecule has 0 saturated heterocycles. The summed E-state index contributed by atoms with van der Waals surface area (Å²) in [7, 11) is 1.54. The molecule has 0 saturated carbocycles. The van der Waals surface area contributed by atoms with Gasteiger partial charge in [-0.1, -0.05) is 36.4 Å². The van der Waals surface area contributed by atoms with Crippen molar-refractivity contribution in [1.29, 1.82) is 0 Å². The van der Waals surface area contributed by atoms with Gasteiger partial charge in [-0.15, -0.1) is 0 Å². The minimum atomic E-state index is -0.869. The molecule has 4 heteroatoms. The fourth-order valence-electron chi connectivity index (χ4n) is 2.64. The summed E-state index contributed by atoms with van der Waals surface area (Å²) in [5, 5.41) is 4.66. The lowest BCUT2D eigenvalue weighted by molar-refractivity contribution is -0.121. The smallest absolute Gasteiger partial charge is 0.235 e. The molecule has 1 unspecified atom stereocenters. The van der Waals surface area contributed by atoms with Crippen molar-refractivity contribution in [2.75, 3.05) is 7.05 Å². The van der Waals surface area contributed by atoms with Crippen LogP contribution in [-0.2, 0) is 4.79 Å². The van der Waals surface area contributed by atoms with Gasteiger partial charge >= 0.3 is 0 Å². The van der Waals surface area contributed by atoms with Gasteiger partial charge in [-0.3, -0.25) is 14.6 Å². The number of amides is 1. The first kappa shape index (κ1) is 14.9. The molecule has 1 aromatic heterocycles. The zero-order valence-corrected chi connectivity index (χ0v) is 12.7. The van der Waals surface area contributed by atoms with Crippen LogP contribution in [0.2, 0.25) is 0 Å². The number of benzene rings is 2. The van der Waals surface area contributed by atoms with E-state index in [4.69, 9.17) is 0 Å². The molecular formula is C19H16N2O2. The molecule has 4 nitrogen and oxygen atoms in total. The minimum Gasteiger partial charge on any atom is -0.358 e. The first-order chi connectivity index (χ1) is 11.2. The third-order valence-corrected chi connectivity index (χ3v) is 3.84. The van der Waals surface area contributed by atoms with Gasteiger partial charge in [-0.05, 0) is 34.5 Å². The molecule has 1 amide bonds. The summed E-state index contributed by atoms with van der Waals surface area (Å²) in [4.78, 5) is 29.0. The third kappa shape index (κ3) is 2.97. The molecular weight excluding hydrogens is 288 g/mol. The summed E-state index contributed by atoms with van der Waals surface area (Å²) in [5.74, 6) is -1.42. The Hall–Kier alpha value is -3.01. The number of fused-ring (bicyclic) bond motifs is 1. The van der Waals surface area contributed by atoms with E-state index in [2.05, 4.69) is 10.3 Å². The monoisotopic (exact) mass is 304 g/mol. The van der Waals surface area contributed by atoms with E-state index in [0.717, 1.165) is 10.8 Å². The van der Waals surface area contributed by atoms with Crippen LogP contribution >= 0.6 is 0 Å². The van der Waals surface area contributed by atoms with Crippen LogP contribution < -0.4 is 5.32 Å². The van der Waals surface area contributed by atoms with Crippen molar-refractivity contribution in [3.05, 3.63) is 78.1 Å². The van der Waals surface area contributed by atoms with Gasteiger partial charge in [-0.2, -0.15) is 0 Å². The number of Topliss-reactive ketones (excluding diaryl/α,β-unsaturated/α-hetero) is 1. The number of carbonyl (C=O) groups excluding carboxylic acids is 2. The molecule has 0 aliphatic heterocycles. The fourth-order valence-corrected chi connectivity index (χ4v) is 2.64. The summed E-state index contributed by atoms with van der Waals surface area (Å²) in [6.07, 6.45) is 3.10. The molecule has 2 aromatic carbocycles. The predicted octanol–water partition coefficient (Wildman–Crippen LogP) is 2.95. The first-order valence-electron chi connectivity index (χ1n) is 7.35. The molecule has 3 aromatic rings. The second kappa shape index (κ2) is 6.40. The molecule has 0 radical (unpaired) electrons. The van der Waals surface area contributed by atoms with Crippen molar-refractivity contribution in [3.63, 3.8) is 0 Å². The number of carbonyl (C=O) groups is 2. The summed E-state index contributed by atoms with van der Waals surface area (Å²) in [6.45, 7) is 0. The van der Waals surface area contributed by atoms with Crippen molar-refractivity contribution >= 4 is 22.5 Å². The zero-order chi connectivity index (χ0) is 16.2. The highest BCUT2D eigenvalue weighted by Gasteiger charge is 2.28. The standard InChI is InChI=1S/C19H16N2O2/c1-20-19(23)17(18(22)14-8-10-21-11-9-14)16-7-6-13-4-2-3-5-15(13)12-16/h2-12,17H,1H3,(H,20,23). The number of rotatable bonds is 4. The number of nitrogens with one attached hydrogen (secondary N) is 1. The third-order valence-electron chi connectivity index (χ3n) is 3.84. The van der Waals surface area contributed by atoms with Gasteiger partial charge in [0.15, 0.2) is 5.78 Å². The van der Waals surface area contributed by atoms with E-state index in [9.17, 15) is 9.59 Å². The number of hydrogen-bond acceptors (Lipinski definition) is 3. The Morgan fingerprint density at radius 1 is 0.957 bits per heavy atom. The van der Waals surface area contributed by atoms with E-state index >= 15 is 0 Å². The number of pyridine rings is 1. The normalized spacial score (nSPS) is 11.9. The lowest BCUT2D eigenvalue weighted by Crippen LogP contribution is -2.31. The number of hydrogen-bond donors (Lipinski definition) is 1. The maximum atomic E-state index is 12.8. The number of aromatic nitrogens is 1. The summed E-state index contributed by atoms with van der Waals surface area (Å²) >= 11 is 0. The average molecular weight is 304 g/mol. The maximum Gasteiger partial charge on any atom is 0.235 e. The number of nitrogens with zero attached hydrogens (tertiary/aromatic N) is 1. The molecule has 1 N–H and O–H groups in total. The quantitative estimate of drug-likeness (QED) is 0.595. The van der Waals surface area contributed by atoms with Crippen molar-refractivity contribution < 1.29 is 9.59 Å². The van der Waals surface area contributed by atoms with Crippen LogP contribution in [0.5, 0.6) is 0 Å². The van der Waals surface area contributed by atoms with Gasteiger partial charge in [0, 0.05) is 25.0 Å². The molecule has 0 aliphatic rings. The van der Waals surface area contributed by atoms with Crippen molar-refractivity contribution in [1.82, 2.24) is 10.3 Å². The van der Waals surface area contributed by atoms with E-state index in [1.807, 2.05) is 42.5 Å².